The van der Waals surface area contributed by atoms with E-state index in [-0.39, 0.29) is 17.7 Å². The van der Waals surface area contributed by atoms with Crippen LogP contribution in [-0.4, -0.2) is 44.9 Å². The number of hydrogen-bond donors (Lipinski definition) is 0. The van der Waals surface area contributed by atoms with Gasteiger partial charge in [0.25, 0.3) is 0 Å². The Morgan fingerprint density at radius 2 is 1.59 bits per heavy atom. The second kappa shape index (κ2) is 10.5. The van der Waals surface area contributed by atoms with Crippen LogP contribution in [0.2, 0.25) is 0 Å². The van der Waals surface area contributed by atoms with E-state index in [1.54, 1.807) is 7.11 Å². The van der Waals surface area contributed by atoms with E-state index in [9.17, 15) is 4.39 Å². The second-order valence-electron chi connectivity index (χ2n) is 9.17. The summed E-state index contributed by atoms with van der Waals surface area (Å²) in [5.41, 5.74) is 3.36. The Kier molecular flexibility index (Phi) is 7.00. The SMILES string of the molecule is COc1ccc2c(c1)OC[C@@H](c1ccc(F)cc1)[C@@H]2c1ccc(OCCN2CCCCC2)cc1. The maximum Gasteiger partial charge on any atom is 0.126 e. The van der Waals surface area contributed by atoms with Gasteiger partial charge in [0.2, 0.25) is 0 Å². The van der Waals surface area contributed by atoms with E-state index >= 15 is 0 Å². The number of nitrogens with zero attached hydrogens (tertiary/aromatic N) is 1. The van der Waals surface area contributed by atoms with E-state index in [4.69, 9.17) is 14.2 Å². The molecule has 5 heteroatoms. The zero-order valence-electron chi connectivity index (χ0n) is 19.7. The van der Waals surface area contributed by atoms with Crippen LogP contribution < -0.4 is 14.2 Å². The van der Waals surface area contributed by atoms with Crippen LogP contribution in [0, 0.1) is 5.82 Å². The van der Waals surface area contributed by atoms with Gasteiger partial charge in [0.1, 0.15) is 29.7 Å². The molecule has 3 aromatic rings. The third-order valence-electron chi connectivity index (χ3n) is 7.04. The first-order chi connectivity index (χ1) is 16.7. The minimum atomic E-state index is -0.229. The highest BCUT2D eigenvalue weighted by Crippen LogP contribution is 2.47. The van der Waals surface area contributed by atoms with E-state index < -0.39 is 0 Å². The van der Waals surface area contributed by atoms with Crippen LogP contribution in [0.25, 0.3) is 0 Å². The molecule has 0 aromatic heterocycles. The van der Waals surface area contributed by atoms with E-state index in [1.165, 1.54) is 50.0 Å². The summed E-state index contributed by atoms with van der Waals surface area (Å²) >= 11 is 0. The Hall–Kier alpha value is -3.05. The Morgan fingerprint density at radius 3 is 2.32 bits per heavy atom. The van der Waals surface area contributed by atoms with Crippen molar-refractivity contribution in [3.05, 3.63) is 89.2 Å². The predicted octanol–water partition coefficient (Wildman–Crippen LogP) is 6.01. The Labute approximate surface area is 201 Å². The summed E-state index contributed by atoms with van der Waals surface area (Å²) in [6.07, 6.45) is 3.94. The molecule has 2 aliphatic rings. The lowest BCUT2D eigenvalue weighted by molar-refractivity contribution is 0.183. The Balaban J connectivity index is 1.37. The van der Waals surface area contributed by atoms with Gasteiger partial charge in [-0.2, -0.15) is 0 Å². The number of likely N-dealkylation sites (tertiary alicyclic amines) is 1. The molecule has 2 aliphatic heterocycles. The average molecular weight is 462 g/mol. The fraction of sp³-hybridized carbons (Fsp3) is 0.379. The van der Waals surface area contributed by atoms with Gasteiger partial charge in [-0.15, -0.1) is 0 Å². The first kappa shape index (κ1) is 22.7. The fourth-order valence-electron chi connectivity index (χ4n) is 5.17. The zero-order chi connectivity index (χ0) is 23.3. The van der Waals surface area contributed by atoms with E-state index in [2.05, 4.69) is 35.2 Å². The molecule has 1 fully saturated rings. The molecule has 0 N–H and O–H groups in total. The number of hydrogen-bond acceptors (Lipinski definition) is 4. The lowest BCUT2D eigenvalue weighted by Gasteiger charge is -2.34. The average Bonchev–Trinajstić information content (AvgIpc) is 2.89. The van der Waals surface area contributed by atoms with Crippen LogP contribution in [0.3, 0.4) is 0 Å². The molecule has 0 aliphatic carbocycles. The molecule has 0 spiro atoms. The van der Waals surface area contributed by atoms with E-state index in [0.29, 0.717) is 13.2 Å². The van der Waals surface area contributed by atoms with Gasteiger partial charge in [-0.05, 0) is 67.4 Å². The van der Waals surface area contributed by atoms with Gasteiger partial charge in [-0.3, -0.25) is 4.90 Å². The van der Waals surface area contributed by atoms with Crippen molar-refractivity contribution in [2.45, 2.75) is 31.1 Å². The van der Waals surface area contributed by atoms with Crippen molar-refractivity contribution in [2.24, 2.45) is 0 Å². The van der Waals surface area contributed by atoms with Gasteiger partial charge >= 0.3 is 0 Å². The second-order valence-corrected chi connectivity index (χ2v) is 9.17. The zero-order valence-corrected chi connectivity index (χ0v) is 19.7. The number of methoxy groups -OCH3 is 1. The lowest BCUT2D eigenvalue weighted by Crippen LogP contribution is -2.33. The smallest absolute Gasteiger partial charge is 0.126 e. The molecule has 0 saturated carbocycles. The molecule has 2 atom stereocenters. The van der Waals surface area contributed by atoms with Crippen LogP contribution >= 0.6 is 0 Å². The minimum Gasteiger partial charge on any atom is -0.497 e. The van der Waals surface area contributed by atoms with Crippen LogP contribution in [0.5, 0.6) is 17.2 Å². The molecule has 5 rings (SSSR count). The van der Waals surface area contributed by atoms with Crippen molar-refractivity contribution < 1.29 is 18.6 Å². The predicted molar refractivity (Wildman–Crippen MR) is 132 cm³/mol. The number of fused-ring (bicyclic) bond motifs is 1. The molecule has 2 heterocycles. The standard InChI is InChI=1S/C29H32FNO3/c1-32-25-13-14-26-28(19-25)34-20-27(21-5-9-23(30)10-6-21)29(26)22-7-11-24(12-8-22)33-18-17-31-15-3-2-4-16-31/h5-14,19,27,29H,2-4,15-18,20H2,1H3/t27-,29+/m0/s1. The molecule has 0 unspecified atom stereocenters. The van der Waals surface area contributed by atoms with Crippen molar-refractivity contribution in [2.75, 3.05) is 40.0 Å². The van der Waals surface area contributed by atoms with Crippen LogP contribution in [-0.2, 0) is 0 Å². The molecule has 0 amide bonds. The molecule has 0 bridgehead atoms. The molecule has 34 heavy (non-hydrogen) atoms. The summed E-state index contributed by atoms with van der Waals surface area (Å²) in [7, 11) is 1.66. The maximum atomic E-state index is 13.6. The van der Waals surface area contributed by atoms with Gasteiger partial charge < -0.3 is 14.2 Å². The van der Waals surface area contributed by atoms with Crippen molar-refractivity contribution in [3.63, 3.8) is 0 Å². The molecule has 3 aromatic carbocycles. The highest BCUT2D eigenvalue weighted by atomic mass is 19.1. The third-order valence-corrected chi connectivity index (χ3v) is 7.04. The summed E-state index contributed by atoms with van der Waals surface area (Å²) in [5.74, 6) is 2.43. The highest BCUT2D eigenvalue weighted by Gasteiger charge is 2.33. The first-order valence-electron chi connectivity index (χ1n) is 12.2. The maximum absolute atomic E-state index is 13.6. The van der Waals surface area contributed by atoms with Gasteiger partial charge in [0.15, 0.2) is 0 Å². The number of piperidine rings is 1. The molecule has 1 saturated heterocycles. The molecular weight excluding hydrogens is 429 g/mol. The number of benzene rings is 3. The van der Waals surface area contributed by atoms with E-state index in [0.717, 1.165) is 34.9 Å². The molecule has 0 radical (unpaired) electrons. The number of halogens is 1. The number of ether oxygens (including phenoxy) is 3. The van der Waals surface area contributed by atoms with Gasteiger partial charge in [-0.1, -0.05) is 36.8 Å². The Bertz CT molecular complexity index is 1080. The molecular formula is C29H32FNO3. The number of rotatable bonds is 7. The van der Waals surface area contributed by atoms with Crippen LogP contribution in [0.1, 0.15) is 47.8 Å². The van der Waals surface area contributed by atoms with Gasteiger partial charge in [-0.25, -0.2) is 4.39 Å². The summed E-state index contributed by atoms with van der Waals surface area (Å²) in [4.78, 5) is 2.48. The van der Waals surface area contributed by atoms with Crippen molar-refractivity contribution in [1.82, 2.24) is 4.90 Å². The molecule has 178 valence electrons. The summed E-state index contributed by atoms with van der Waals surface area (Å²) in [5, 5.41) is 0. The Morgan fingerprint density at radius 1 is 0.882 bits per heavy atom. The van der Waals surface area contributed by atoms with E-state index in [1.807, 2.05) is 24.3 Å². The van der Waals surface area contributed by atoms with Gasteiger partial charge in [0, 0.05) is 30.0 Å². The monoisotopic (exact) mass is 461 g/mol. The summed E-state index contributed by atoms with van der Waals surface area (Å²) < 4.78 is 31.2. The largest absolute Gasteiger partial charge is 0.497 e. The first-order valence-corrected chi connectivity index (χ1v) is 12.2. The normalized spacial score (nSPS) is 20.3. The topological polar surface area (TPSA) is 30.9 Å². The minimum absolute atomic E-state index is 0.0763. The lowest BCUT2D eigenvalue weighted by atomic mass is 9.76. The van der Waals surface area contributed by atoms with Crippen LogP contribution in [0.4, 0.5) is 4.39 Å². The van der Waals surface area contributed by atoms with Crippen molar-refractivity contribution in [1.29, 1.82) is 0 Å². The molecule has 4 nitrogen and oxygen atoms in total. The summed E-state index contributed by atoms with van der Waals surface area (Å²) in [6.45, 7) is 4.56. The van der Waals surface area contributed by atoms with Gasteiger partial charge in [0.05, 0.1) is 13.7 Å². The fourth-order valence-corrected chi connectivity index (χ4v) is 5.17. The van der Waals surface area contributed by atoms with Crippen molar-refractivity contribution >= 4 is 0 Å². The van der Waals surface area contributed by atoms with Crippen LogP contribution in [0.15, 0.2) is 66.7 Å². The third kappa shape index (κ3) is 5.05. The quantitative estimate of drug-likeness (QED) is 0.431. The van der Waals surface area contributed by atoms with Crippen molar-refractivity contribution in [3.8, 4) is 17.2 Å². The summed E-state index contributed by atoms with van der Waals surface area (Å²) in [6, 6.07) is 21.2. The highest BCUT2D eigenvalue weighted by molar-refractivity contribution is 5.51.